The second-order valence-corrected chi connectivity index (χ2v) is 16.5. The normalized spacial score (nSPS) is 20.7. The molecule has 52 heavy (non-hydrogen) atoms. The molecular formula is C48H38BN3. The molecule has 0 radical (unpaired) electrons. The smallest absolute Gasteiger partial charge is 0.252 e. The lowest BCUT2D eigenvalue weighted by molar-refractivity contribution is 0.632. The van der Waals surface area contributed by atoms with E-state index in [0.29, 0.717) is 5.92 Å². The van der Waals surface area contributed by atoms with Gasteiger partial charge in [-0.15, -0.1) is 0 Å². The molecule has 0 saturated carbocycles. The van der Waals surface area contributed by atoms with Crippen LogP contribution in [0.4, 0.5) is 45.5 Å². The number of benzene rings is 6. The van der Waals surface area contributed by atoms with Crippen LogP contribution in [0.5, 0.6) is 0 Å². The second kappa shape index (κ2) is 9.57. The van der Waals surface area contributed by atoms with Gasteiger partial charge in [0.05, 0.1) is 17.4 Å². The molecule has 0 N–H and O–H groups in total. The van der Waals surface area contributed by atoms with Crippen LogP contribution in [-0.2, 0) is 10.8 Å². The van der Waals surface area contributed by atoms with Crippen molar-refractivity contribution in [3.8, 4) is 0 Å². The standard InChI is InChI=1S/C48H38BN3/c1-47(2)32-17-7-11-25-40(32)51-42-27-29(50-38-23-9-5-15-30(38)31-16-6-10-24-39(31)50)28-43-44(42)49(36-21-13-19-34(47)45(36)51)37-22-14-20-35-46(37)52(43)41-26-12-8-18-33(41)48(35,3)4/h5-28,30,38H,1-4H3. The van der Waals surface area contributed by atoms with E-state index in [1.165, 1.54) is 89.7 Å². The van der Waals surface area contributed by atoms with Gasteiger partial charge in [0.15, 0.2) is 0 Å². The maximum absolute atomic E-state index is 2.63. The Labute approximate surface area is 306 Å². The molecule has 12 rings (SSSR count). The third-order valence-electron chi connectivity index (χ3n) is 13.3. The number of hydrogen-bond acceptors (Lipinski definition) is 3. The number of rotatable bonds is 1. The summed E-state index contributed by atoms with van der Waals surface area (Å²) in [6.45, 7) is 9.74. The molecule has 0 spiro atoms. The molecule has 2 atom stereocenters. The molecule has 0 saturated heterocycles. The van der Waals surface area contributed by atoms with Crippen molar-refractivity contribution in [1.82, 2.24) is 0 Å². The number of allylic oxidation sites excluding steroid dienone is 2. The van der Waals surface area contributed by atoms with Crippen molar-refractivity contribution in [1.29, 1.82) is 0 Å². The Morgan fingerprint density at radius 2 is 1.00 bits per heavy atom. The molecule has 6 aromatic carbocycles. The van der Waals surface area contributed by atoms with Crippen LogP contribution in [0.1, 0.15) is 61.4 Å². The minimum absolute atomic E-state index is 0.106. The highest BCUT2D eigenvalue weighted by Crippen LogP contribution is 2.58. The molecule has 6 aromatic rings. The molecule has 5 heterocycles. The van der Waals surface area contributed by atoms with Crippen molar-refractivity contribution in [2.75, 3.05) is 14.7 Å². The first-order valence-electron chi connectivity index (χ1n) is 18.8. The van der Waals surface area contributed by atoms with Crippen molar-refractivity contribution in [3.05, 3.63) is 173 Å². The zero-order chi connectivity index (χ0) is 34.7. The van der Waals surface area contributed by atoms with Crippen LogP contribution in [0.15, 0.2) is 146 Å². The van der Waals surface area contributed by atoms with E-state index in [1.54, 1.807) is 0 Å². The molecule has 5 aliphatic heterocycles. The highest BCUT2D eigenvalue weighted by atomic mass is 15.2. The van der Waals surface area contributed by atoms with Crippen molar-refractivity contribution in [2.24, 2.45) is 0 Å². The first-order chi connectivity index (χ1) is 25.4. The van der Waals surface area contributed by atoms with Crippen molar-refractivity contribution in [3.63, 3.8) is 0 Å². The van der Waals surface area contributed by atoms with Gasteiger partial charge in [0, 0.05) is 50.9 Å². The fourth-order valence-corrected chi connectivity index (χ4v) is 11.0. The Morgan fingerprint density at radius 3 is 1.60 bits per heavy atom. The second-order valence-electron chi connectivity index (χ2n) is 16.5. The highest BCUT2D eigenvalue weighted by Gasteiger charge is 2.51. The summed E-state index contributed by atoms with van der Waals surface area (Å²) in [7, 11) is 0. The van der Waals surface area contributed by atoms with E-state index >= 15 is 0 Å². The maximum Gasteiger partial charge on any atom is 0.252 e. The largest absolute Gasteiger partial charge is 0.333 e. The third kappa shape index (κ3) is 3.31. The van der Waals surface area contributed by atoms with Gasteiger partial charge in [-0.05, 0) is 74.5 Å². The molecule has 0 amide bonds. The number of anilines is 8. The monoisotopic (exact) mass is 667 g/mol. The molecule has 3 nitrogen and oxygen atoms in total. The highest BCUT2D eigenvalue weighted by molar-refractivity contribution is 7.00. The van der Waals surface area contributed by atoms with E-state index in [0.717, 1.165) is 0 Å². The summed E-state index contributed by atoms with van der Waals surface area (Å²) in [5.41, 5.74) is 21.2. The molecule has 0 fully saturated rings. The lowest BCUT2D eigenvalue weighted by Crippen LogP contribution is -2.63. The van der Waals surface area contributed by atoms with Crippen molar-refractivity contribution >= 4 is 68.6 Å². The maximum atomic E-state index is 2.63. The molecule has 4 heteroatoms. The molecule has 0 aromatic heterocycles. The Morgan fingerprint density at radius 1 is 0.500 bits per heavy atom. The van der Waals surface area contributed by atoms with Crippen LogP contribution in [0.2, 0.25) is 0 Å². The zero-order valence-corrected chi connectivity index (χ0v) is 29.9. The van der Waals surface area contributed by atoms with Gasteiger partial charge in [-0.25, -0.2) is 0 Å². The first kappa shape index (κ1) is 28.9. The van der Waals surface area contributed by atoms with Crippen molar-refractivity contribution < 1.29 is 0 Å². The topological polar surface area (TPSA) is 9.72 Å². The predicted molar refractivity (Wildman–Crippen MR) is 218 cm³/mol. The summed E-state index contributed by atoms with van der Waals surface area (Å²) in [6, 6.07) is 46.8. The zero-order valence-electron chi connectivity index (χ0n) is 29.9. The van der Waals surface area contributed by atoms with Crippen LogP contribution in [0.25, 0.3) is 0 Å². The molecule has 6 aliphatic rings. The summed E-state index contributed by atoms with van der Waals surface area (Å²) < 4.78 is 0. The summed E-state index contributed by atoms with van der Waals surface area (Å²) in [5.74, 6) is 0.314. The van der Waals surface area contributed by atoms with Crippen LogP contribution in [0.3, 0.4) is 0 Å². The van der Waals surface area contributed by atoms with E-state index in [4.69, 9.17) is 0 Å². The Bertz CT molecular complexity index is 2510. The van der Waals surface area contributed by atoms with Gasteiger partial charge in [0.2, 0.25) is 0 Å². The summed E-state index contributed by atoms with van der Waals surface area (Å²) >= 11 is 0. The summed E-state index contributed by atoms with van der Waals surface area (Å²) in [6.07, 6.45) is 9.24. The van der Waals surface area contributed by atoms with Gasteiger partial charge in [-0.1, -0.05) is 143 Å². The average Bonchev–Trinajstić information content (AvgIpc) is 3.51. The molecule has 2 unspecified atom stereocenters. The van der Waals surface area contributed by atoms with Gasteiger partial charge >= 0.3 is 0 Å². The number of nitrogens with zero attached hydrogens (tertiary/aromatic N) is 3. The molecule has 1 aliphatic carbocycles. The lowest BCUT2D eigenvalue weighted by atomic mass is 9.32. The number of para-hydroxylation sites is 5. The van der Waals surface area contributed by atoms with E-state index in [-0.39, 0.29) is 23.6 Å². The average molecular weight is 668 g/mol. The van der Waals surface area contributed by atoms with Gasteiger partial charge < -0.3 is 14.7 Å². The number of fused-ring (bicyclic) bond motifs is 11. The van der Waals surface area contributed by atoms with Gasteiger partial charge in [0.1, 0.15) is 0 Å². The predicted octanol–water partition coefficient (Wildman–Crippen LogP) is 9.78. The fraction of sp³-hybridized carbons (Fsp3) is 0.167. The Balaban J connectivity index is 1.24. The Kier molecular flexibility index (Phi) is 5.32. The van der Waals surface area contributed by atoms with E-state index in [2.05, 4.69) is 188 Å². The molecule has 0 bridgehead atoms. The van der Waals surface area contributed by atoms with Gasteiger partial charge in [0.25, 0.3) is 6.71 Å². The van der Waals surface area contributed by atoms with Crippen molar-refractivity contribution in [2.45, 2.75) is 50.5 Å². The fourth-order valence-electron chi connectivity index (χ4n) is 11.0. The van der Waals surface area contributed by atoms with Crippen LogP contribution in [0, 0.1) is 0 Å². The summed E-state index contributed by atoms with van der Waals surface area (Å²) in [5, 5.41) is 0. The lowest BCUT2D eigenvalue weighted by Gasteiger charge is -2.52. The van der Waals surface area contributed by atoms with Crippen LogP contribution >= 0.6 is 0 Å². The van der Waals surface area contributed by atoms with Crippen LogP contribution < -0.4 is 31.1 Å². The molecule has 248 valence electrons. The van der Waals surface area contributed by atoms with Gasteiger partial charge in [-0.2, -0.15) is 0 Å². The third-order valence-corrected chi connectivity index (χ3v) is 13.3. The van der Waals surface area contributed by atoms with E-state index < -0.39 is 0 Å². The Hall–Kier alpha value is -5.74. The van der Waals surface area contributed by atoms with E-state index in [9.17, 15) is 0 Å². The summed E-state index contributed by atoms with van der Waals surface area (Å²) in [4.78, 5) is 7.89. The minimum atomic E-state index is -0.144. The number of hydrogen-bond donors (Lipinski definition) is 0. The van der Waals surface area contributed by atoms with E-state index in [1.807, 2.05) is 0 Å². The minimum Gasteiger partial charge on any atom is -0.333 e. The van der Waals surface area contributed by atoms with Crippen LogP contribution in [-0.4, -0.2) is 12.8 Å². The molecular weight excluding hydrogens is 629 g/mol. The first-order valence-corrected chi connectivity index (χ1v) is 18.8. The quantitative estimate of drug-likeness (QED) is 0.162. The van der Waals surface area contributed by atoms with Gasteiger partial charge in [-0.3, -0.25) is 0 Å². The SMILES string of the molecule is CC1(C)c2ccccc2N2c3cc(N4c5ccccc5C5C=CC=CC54)cc4c3B(c3cccc1c32)c1cccc2c1N4c1ccccc1C2(C)C.